The first-order valence-electron chi connectivity index (χ1n) is 9.96. The summed E-state index contributed by atoms with van der Waals surface area (Å²) in [6.45, 7) is 6.17. The summed E-state index contributed by atoms with van der Waals surface area (Å²) in [5.41, 5.74) is 0.915. The molecule has 0 radical (unpaired) electrons. The van der Waals surface area contributed by atoms with Gasteiger partial charge in [-0.2, -0.15) is 0 Å². The van der Waals surface area contributed by atoms with Gasteiger partial charge in [0, 0.05) is 23.8 Å². The van der Waals surface area contributed by atoms with Crippen LogP contribution in [-0.2, 0) is 19.2 Å². The van der Waals surface area contributed by atoms with Gasteiger partial charge >= 0.3 is 0 Å². The van der Waals surface area contributed by atoms with E-state index in [4.69, 9.17) is 19.2 Å². The Bertz CT molecular complexity index is 802. The maximum Gasteiger partial charge on any atom is 0.236 e. The van der Waals surface area contributed by atoms with Crippen molar-refractivity contribution in [2.45, 2.75) is 64.1 Å². The lowest BCUT2D eigenvalue weighted by molar-refractivity contribution is -0.555. The molecular weight excluding hydrogens is 344 g/mol. The van der Waals surface area contributed by atoms with Crippen LogP contribution in [0.2, 0.25) is 0 Å². The van der Waals surface area contributed by atoms with E-state index >= 15 is 0 Å². The van der Waals surface area contributed by atoms with Crippen LogP contribution in [0.3, 0.4) is 0 Å². The quantitative estimate of drug-likeness (QED) is 0.571. The number of carbonyl (C=O) groups is 1. The third-order valence-electron chi connectivity index (χ3n) is 7.07. The molecule has 1 saturated carbocycles. The second-order valence-corrected chi connectivity index (χ2v) is 8.68. The molecule has 1 aromatic carbocycles. The predicted molar refractivity (Wildman–Crippen MR) is 97.3 cm³/mol. The standard InChI is InChI=1S/C22H26O5/c1-13-9-10-17-14(2)19(18(23)15-7-5-4-6-8-15)24-20-22(17)16(13)11-12-21(3,25-20)26-27-22/h4-8,13,16-17,20H,9-12H2,1-3H3/t13-,16+,17+,20-,21+,22-/m1/s1. The Morgan fingerprint density at radius 3 is 2.67 bits per heavy atom. The number of ketones is 1. The van der Waals surface area contributed by atoms with Crippen molar-refractivity contribution >= 4 is 5.78 Å². The number of Topliss-reactive ketones (excluding diaryl/α,β-unsaturated/α-hetero) is 1. The van der Waals surface area contributed by atoms with Gasteiger partial charge in [-0.3, -0.25) is 4.79 Å². The van der Waals surface area contributed by atoms with Crippen LogP contribution in [-0.4, -0.2) is 23.5 Å². The lowest BCUT2D eigenvalue weighted by Crippen LogP contribution is -2.66. The van der Waals surface area contributed by atoms with Crippen LogP contribution in [0.5, 0.6) is 0 Å². The van der Waals surface area contributed by atoms with Gasteiger partial charge in [0.15, 0.2) is 11.4 Å². The third-order valence-corrected chi connectivity index (χ3v) is 7.07. The van der Waals surface area contributed by atoms with Gasteiger partial charge in [-0.25, -0.2) is 9.78 Å². The second kappa shape index (κ2) is 5.90. The number of rotatable bonds is 2. The minimum absolute atomic E-state index is 0.0581. The Morgan fingerprint density at radius 1 is 1.11 bits per heavy atom. The van der Waals surface area contributed by atoms with E-state index in [-0.39, 0.29) is 17.6 Å². The average molecular weight is 370 g/mol. The minimum Gasteiger partial charge on any atom is -0.457 e. The van der Waals surface area contributed by atoms with Crippen molar-refractivity contribution in [3.8, 4) is 0 Å². The lowest BCUT2D eigenvalue weighted by Gasteiger charge is -2.57. The number of hydrogen-bond donors (Lipinski definition) is 0. The zero-order chi connectivity index (χ0) is 18.8. The van der Waals surface area contributed by atoms with Crippen molar-refractivity contribution in [3.63, 3.8) is 0 Å². The number of hydrogen-bond acceptors (Lipinski definition) is 5. The van der Waals surface area contributed by atoms with Gasteiger partial charge in [0.1, 0.15) is 0 Å². The number of allylic oxidation sites excluding steroid dienone is 1. The van der Waals surface area contributed by atoms with Crippen molar-refractivity contribution in [2.75, 3.05) is 0 Å². The third kappa shape index (κ3) is 2.38. The van der Waals surface area contributed by atoms with Crippen molar-refractivity contribution < 1.29 is 24.0 Å². The van der Waals surface area contributed by atoms with E-state index in [1.165, 1.54) is 0 Å². The van der Waals surface area contributed by atoms with Gasteiger partial charge in [-0.15, -0.1) is 0 Å². The van der Waals surface area contributed by atoms with E-state index in [1.54, 1.807) is 0 Å². The van der Waals surface area contributed by atoms with E-state index in [0.29, 0.717) is 17.2 Å². The van der Waals surface area contributed by atoms with Gasteiger partial charge in [0.2, 0.25) is 17.9 Å². The molecule has 144 valence electrons. The van der Waals surface area contributed by atoms with Crippen LogP contribution >= 0.6 is 0 Å². The maximum absolute atomic E-state index is 13.2. The molecule has 6 rings (SSSR count). The van der Waals surface area contributed by atoms with Crippen molar-refractivity contribution in [2.24, 2.45) is 17.8 Å². The fraction of sp³-hybridized carbons (Fsp3) is 0.591. The van der Waals surface area contributed by atoms with Crippen LogP contribution in [0, 0.1) is 17.8 Å². The topological polar surface area (TPSA) is 54.0 Å². The first-order valence-corrected chi connectivity index (χ1v) is 9.96. The normalized spacial score (nSPS) is 42.9. The smallest absolute Gasteiger partial charge is 0.236 e. The first-order chi connectivity index (χ1) is 12.9. The molecule has 6 atom stereocenters. The number of ether oxygens (including phenoxy) is 2. The van der Waals surface area contributed by atoms with E-state index in [2.05, 4.69) is 6.92 Å². The van der Waals surface area contributed by atoms with Gasteiger partial charge in [-0.1, -0.05) is 37.3 Å². The van der Waals surface area contributed by atoms with Gasteiger partial charge in [0.05, 0.1) is 0 Å². The Morgan fingerprint density at radius 2 is 1.89 bits per heavy atom. The van der Waals surface area contributed by atoms with Gasteiger partial charge in [0.25, 0.3) is 0 Å². The highest BCUT2D eigenvalue weighted by Gasteiger charge is 2.68. The van der Waals surface area contributed by atoms with Crippen molar-refractivity contribution in [1.29, 1.82) is 0 Å². The lowest BCUT2D eigenvalue weighted by atomic mass is 9.59. The molecule has 5 heteroatoms. The molecule has 27 heavy (non-hydrogen) atoms. The van der Waals surface area contributed by atoms with Gasteiger partial charge in [-0.05, 0) is 44.6 Å². The molecule has 3 saturated heterocycles. The summed E-state index contributed by atoms with van der Waals surface area (Å²) in [7, 11) is 0. The highest BCUT2D eigenvalue weighted by atomic mass is 17.3. The molecule has 1 aliphatic carbocycles. The number of fused-ring (bicyclic) bond motifs is 2. The Hall–Kier alpha value is -1.69. The minimum atomic E-state index is -0.830. The van der Waals surface area contributed by atoms with Crippen LogP contribution in [0.4, 0.5) is 0 Å². The van der Waals surface area contributed by atoms with Crippen LogP contribution in [0.1, 0.15) is 56.8 Å². The number of carbonyl (C=O) groups excluding carboxylic acids is 1. The summed E-state index contributed by atoms with van der Waals surface area (Å²) in [5, 5.41) is 0. The van der Waals surface area contributed by atoms with Crippen LogP contribution in [0.15, 0.2) is 41.7 Å². The summed E-state index contributed by atoms with van der Waals surface area (Å²) < 4.78 is 12.6. The van der Waals surface area contributed by atoms with Crippen molar-refractivity contribution in [1.82, 2.24) is 0 Å². The summed E-state index contributed by atoms with van der Waals surface area (Å²) in [6, 6.07) is 9.29. The highest BCUT2D eigenvalue weighted by Crippen LogP contribution is 2.60. The second-order valence-electron chi connectivity index (χ2n) is 8.68. The van der Waals surface area contributed by atoms with E-state index in [1.807, 2.05) is 44.2 Å². The monoisotopic (exact) mass is 370 g/mol. The molecule has 1 aromatic rings. The average Bonchev–Trinajstić information content (AvgIpc) is 2.91. The fourth-order valence-corrected chi connectivity index (χ4v) is 5.57. The number of benzene rings is 1. The Balaban J connectivity index is 1.62. The van der Waals surface area contributed by atoms with Crippen LogP contribution in [0.25, 0.3) is 0 Å². The molecule has 0 unspecified atom stereocenters. The SMILES string of the molecule is CC1=C(C(=O)c2ccccc2)O[C@@H]2O[C@]3(C)CC[C@H]4[C@H](C)CC[C@@H]1[C@@]24OO3. The fourth-order valence-electron chi connectivity index (χ4n) is 5.57. The van der Waals surface area contributed by atoms with Crippen molar-refractivity contribution in [3.05, 3.63) is 47.2 Å². The molecule has 2 bridgehead atoms. The Labute approximate surface area is 159 Å². The molecule has 5 nitrogen and oxygen atoms in total. The molecular formula is C22H26O5. The molecule has 0 aromatic heterocycles. The Kier molecular flexibility index (Phi) is 3.81. The zero-order valence-electron chi connectivity index (χ0n) is 16.1. The first kappa shape index (κ1) is 17.4. The molecule has 1 spiro atoms. The summed E-state index contributed by atoms with van der Waals surface area (Å²) in [5.74, 6) is 0.336. The molecule has 0 amide bonds. The van der Waals surface area contributed by atoms with E-state index in [0.717, 1.165) is 31.3 Å². The largest absolute Gasteiger partial charge is 0.457 e. The summed E-state index contributed by atoms with van der Waals surface area (Å²) in [6.07, 6.45) is 3.16. The van der Waals surface area contributed by atoms with E-state index in [9.17, 15) is 4.79 Å². The summed E-state index contributed by atoms with van der Waals surface area (Å²) in [4.78, 5) is 25.1. The molecule has 4 aliphatic heterocycles. The molecule has 5 aliphatic rings. The molecule has 4 heterocycles. The molecule has 4 fully saturated rings. The van der Waals surface area contributed by atoms with E-state index < -0.39 is 17.7 Å². The maximum atomic E-state index is 13.2. The van der Waals surface area contributed by atoms with Crippen LogP contribution < -0.4 is 0 Å². The van der Waals surface area contributed by atoms with Gasteiger partial charge < -0.3 is 9.47 Å². The zero-order valence-corrected chi connectivity index (χ0v) is 16.1. The highest BCUT2D eigenvalue weighted by molar-refractivity contribution is 6.07. The predicted octanol–water partition coefficient (Wildman–Crippen LogP) is 4.39. The molecule has 0 N–H and O–H groups in total. The summed E-state index contributed by atoms with van der Waals surface area (Å²) >= 11 is 0.